The Bertz CT molecular complexity index is 1280. The fourth-order valence-corrected chi connectivity index (χ4v) is 4.34. The van der Waals surface area contributed by atoms with E-state index in [9.17, 15) is 14.4 Å². The lowest BCUT2D eigenvalue weighted by Gasteiger charge is -2.14. The van der Waals surface area contributed by atoms with Gasteiger partial charge < -0.3 is 14.0 Å². The highest BCUT2D eigenvalue weighted by Crippen LogP contribution is 2.39. The first kappa shape index (κ1) is 24.8. The third kappa shape index (κ3) is 5.05. The monoisotopic (exact) mass is 549 g/mol. The van der Waals surface area contributed by atoms with Crippen molar-refractivity contribution in [1.29, 1.82) is 0 Å². The van der Waals surface area contributed by atoms with Gasteiger partial charge in [0, 0.05) is 12.5 Å². The summed E-state index contributed by atoms with van der Waals surface area (Å²) in [5, 5.41) is 0.147. The van der Waals surface area contributed by atoms with Crippen LogP contribution in [0.3, 0.4) is 0 Å². The van der Waals surface area contributed by atoms with Crippen molar-refractivity contribution in [3.63, 3.8) is 0 Å². The summed E-state index contributed by atoms with van der Waals surface area (Å²) in [5.74, 6) is -0.969. The number of carbonyl (C=O) groups excluding carboxylic acids is 3. The lowest BCUT2D eigenvalue weighted by molar-refractivity contribution is -0.131. The van der Waals surface area contributed by atoms with Crippen LogP contribution >= 0.6 is 39.1 Å². The van der Waals surface area contributed by atoms with Gasteiger partial charge in [-0.15, -0.1) is 0 Å². The number of hydrogen-bond acceptors (Lipinski definition) is 5. The maximum Gasteiger partial charge on any atom is 0.308 e. The van der Waals surface area contributed by atoms with Gasteiger partial charge in [-0.1, -0.05) is 54.0 Å². The van der Waals surface area contributed by atoms with E-state index in [1.54, 1.807) is 36.4 Å². The number of carbonyl (C=O) groups is 3. The molecule has 0 radical (unpaired) electrons. The van der Waals surface area contributed by atoms with E-state index >= 15 is 0 Å². The van der Waals surface area contributed by atoms with E-state index < -0.39 is 11.8 Å². The first-order chi connectivity index (χ1) is 15.7. The molecule has 9 heteroatoms. The molecule has 0 spiro atoms. The average molecular weight is 551 g/mol. The molecule has 0 aliphatic carbocycles. The van der Waals surface area contributed by atoms with E-state index in [0.717, 1.165) is 0 Å². The Morgan fingerprint density at radius 3 is 2.18 bits per heavy atom. The van der Waals surface area contributed by atoms with E-state index in [-0.39, 0.29) is 49.6 Å². The van der Waals surface area contributed by atoms with Gasteiger partial charge in [-0.3, -0.25) is 14.4 Å². The van der Waals surface area contributed by atoms with Crippen molar-refractivity contribution >= 4 is 56.7 Å². The number of methoxy groups -OCH3 is 1. The number of esters is 1. The molecule has 6 nitrogen and oxygen atoms in total. The van der Waals surface area contributed by atoms with E-state index in [1.165, 1.54) is 30.7 Å². The van der Waals surface area contributed by atoms with E-state index in [2.05, 4.69) is 22.5 Å². The van der Waals surface area contributed by atoms with Crippen molar-refractivity contribution in [3.05, 3.63) is 92.2 Å². The summed E-state index contributed by atoms with van der Waals surface area (Å²) >= 11 is 16.0. The van der Waals surface area contributed by atoms with Crippen LogP contribution in [0, 0.1) is 0 Å². The molecule has 0 amide bonds. The Morgan fingerprint density at radius 2 is 1.58 bits per heavy atom. The van der Waals surface area contributed by atoms with Crippen LogP contribution in [-0.4, -0.2) is 29.2 Å². The molecule has 2 aromatic carbocycles. The number of halogens is 3. The molecule has 33 heavy (non-hydrogen) atoms. The number of Topliss-reactive ketones (excluding diaryl/α,β-unsaturated/α-hetero) is 1. The van der Waals surface area contributed by atoms with Crippen LogP contribution < -0.4 is 9.47 Å². The second kappa shape index (κ2) is 10.4. The quantitative estimate of drug-likeness (QED) is 0.145. The maximum absolute atomic E-state index is 13.5. The van der Waals surface area contributed by atoms with Crippen LogP contribution in [0.5, 0.6) is 11.5 Å². The van der Waals surface area contributed by atoms with Crippen molar-refractivity contribution in [3.8, 4) is 11.5 Å². The molecule has 0 aliphatic heterocycles. The first-order valence-electron chi connectivity index (χ1n) is 9.58. The van der Waals surface area contributed by atoms with E-state index in [4.69, 9.17) is 32.7 Å². The standard InChI is InChI=1S/C24H18BrCl2NO5/c1-13(22(30)15-8-4-6-10-17(15)32-3)12-28-21(19(25)20(26)24(28)27)23(31)16-9-5-7-11-18(16)33-14(2)29/h4-11H,1,12H2,2-3H3. The molecule has 3 aromatic rings. The summed E-state index contributed by atoms with van der Waals surface area (Å²) in [5.41, 5.74) is 0.690. The Labute approximate surface area is 208 Å². The lowest BCUT2D eigenvalue weighted by atomic mass is 10.0. The van der Waals surface area contributed by atoms with Gasteiger partial charge in [0.25, 0.3) is 0 Å². The molecule has 0 bridgehead atoms. The molecule has 0 saturated carbocycles. The van der Waals surface area contributed by atoms with E-state index in [0.29, 0.717) is 11.3 Å². The Morgan fingerprint density at radius 1 is 1.00 bits per heavy atom. The number of rotatable bonds is 8. The summed E-state index contributed by atoms with van der Waals surface area (Å²) in [6.07, 6.45) is 0. The first-order valence-corrected chi connectivity index (χ1v) is 11.1. The minimum absolute atomic E-state index is 0.0471. The highest BCUT2D eigenvalue weighted by atomic mass is 79.9. The molecule has 0 fully saturated rings. The van der Waals surface area contributed by atoms with Crippen molar-refractivity contribution in [1.82, 2.24) is 4.57 Å². The van der Waals surface area contributed by atoms with Crippen molar-refractivity contribution in [2.45, 2.75) is 13.5 Å². The Kier molecular flexibility index (Phi) is 7.79. The Hall–Kier alpha value is -2.87. The van der Waals surface area contributed by atoms with Crippen LogP contribution in [-0.2, 0) is 11.3 Å². The summed E-state index contributed by atoms with van der Waals surface area (Å²) in [6, 6.07) is 13.0. The Balaban J connectivity index is 2.03. The fraction of sp³-hybridized carbons (Fsp3) is 0.125. The van der Waals surface area contributed by atoms with Crippen LogP contribution in [0.4, 0.5) is 0 Å². The van der Waals surface area contributed by atoms with Gasteiger partial charge in [-0.2, -0.15) is 0 Å². The number of allylic oxidation sites excluding steroid dienone is 1. The number of ketones is 2. The van der Waals surface area contributed by atoms with Crippen LogP contribution in [0.15, 0.2) is 65.2 Å². The van der Waals surface area contributed by atoms with Gasteiger partial charge in [-0.25, -0.2) is 0 Å². The molecule has 1 heterocycles. The number of ether oxygens (including phenoxy) is 2. The average Bonchev–Trinajstić information content (AvgIpc) is 3.01. The zero-order valence-electron chi connectivity index (χ0n) is 17.7. The van der Waals surface area contributed by atoms with Crippen LogP contribution in [0.1, 0.15) is 33.3 Å². The maximum atomic E-state index is 13.5. The molecule has 0 aliphatic rings. The molecule has 0 saturated heterocycles. The van der Waals surface area contributed by atoms with Gasteiger partial charge in [0.1, 0.15) is 22.3 Å². The summed E-state index contributed by atoms with van der Waals surface area (Å²) < 4.78 is 12.1. The predicted octanol–water partition coefficient (Wildman–Crippen LogP) is 6.16. The van der Waals surface area contributed by atoms with Crippen molar-refractivity contribution in [2.24, 2.45) is 0 Å². The molecule has 0 N–H and O–H groups in total. The second-order valence-corrected chi connectivity index (χ2v) is 8.43. The number of para-hydroxylation sites is 2. The largest absolute Gasteiger partial charge is 0.496 e. The summed E-state index contributed by atoms with van der Waals surface area (Å²) in [6.45, 7) is 5.01. The second-order valence-electron chi connectivity index (χ2n) is 6.91. The normalized spacial score (nSPS) is 10.6. The molecular weight excluding hydrogens is 533 g/mol. The molecular formula is C24H18BrCl2NO5. The predicted molar refractivity (Wildman–Crippen MR) is 130 cm³/mol. The molecule has 0 atom stereocenters. The number of hydrogen-bond donors (Lipinski definition) is 0. The summed E-state index contributed by atoms with van der Waals surface area (Å²) in [7, 11) is 1.46. The third-order valence-electron chi connectivity index (χ3n) is 4.71. The zero-order chi connectivity index (χ0) is 24.3. The molecule has 170 valence electrons. The summed E-state index contributed by atoms with van der Waals surface area (Å²) in [4.78, 5) is 38.0. The number of nitrogens with zero attached hydrogens (tertiary/aromatic N) is 1. The van der Waals surface area contributed by atoms with Crippen molar-refractivity contribution in [2.75, 3.05) is 7.11 Å². The van der Waals surface area contributed by atoms with Crippen molar-refractivity contribution < 1.29 is 23.9 Å². The number of benzene rings is 2. The third-order valence-corrected chi connectivity index (χ3v) is 6.57. The minimum atomic E-state index is -0.573. The van der Waals surface area contributed by atoms with Crippen LogP contribution in [0.2, 0.25) is 10.2 Å². The smallest absolute Gasteiger partial charge is 0.308 e. The van der Waals surface area contributed by atoms with E-state index in [1.807, 2.05) is 0 Å². The molecule has 3 rings (SSSR count). The minimum Gasteiger partial charge on any atom is -0.496 e. The van der Waals surface area contributed by atoms with Gasteiger partial charge >= 0.3 is 5.97 Å². The lowest BCUT2D eigenvalue weighted by Crippen LogP contribution is -2.17. The molecule has 0 unspecified atom stereocenters. The topological polar surface area (TPSA) is 74.6 Å². The molecule has 1 aromatic heterocycles. The zero-order valence-corrected chi connectivity index (χ0v) is 20.8. The highest BCUT2D eigenvalue weighted by Gasteiger charge is 2.28. The van der Waals surface area contributed by atoms with Gasteiger partial charge in [-0.05, 0) is 40.2 Å². The SMILES string of the molecule is C=C(Cn1c(Cl)c(Cl)c(Br)c1C(=O)c1ccccc1OC(C)=O)C(=O)c1ccccc1OC. The van der Waals surface area contributed by atoms with Gasteiger partial charge in [0.2, 0.25) is 5.78 Å². The van der Waals surface area contributed by atoms with Crippen LogP contribution in [0.25, 0.3) is 0 Å². The van der Waals surface area contributed by atoms with Gasteiger partial charge in [0.05, 0.1) is 34.3 Å². The fourth-order valence-electron chi connectivity index (χ4n) is 3.21. The highest BCUT2D eigenvalue weighted by molar-refractivity contribution is 9.10. The van der Waals surface area contributed by atoms with Gasteiger partial charge in [0.15, 0.2) is 5.78 Å². The number of aromatic nitrogens is 1.